The van der Waals surface area contributed by atoms with Crippen molar-refractivity contribution in [3.63, 3.8) is 0 Å². The minimum Gasteiger partial charge on any atom is -0.390 e. The van der Waals surface area contributed by atoms with Crippen LogP contribution < -0.4 is 0 Å². The summed E-state index contributed by atoms with van der Waals surface area (Å²) in [6, 6.07) is 0.518. The Labute approximate surface area is 103 Å². The summed E-state index contributed by atoms with van der Waals surface area (Å²) in [5.74, 6) is 0.675. The third-order valence-corrected chi connectivity index (χ3v) is 3.65. The first-order valence-corrected chi connectivity index (χ1v) is 6.76. The zero-order valence-corrected chi connectivity index (χ0v) is 10.9. The molecule has 0 aliphatic heterocycles. The lowest BCUT2D eigenvalue weighted by atomic mass is 10.0. The molecule has 1 aromatic heterocycles. The predicted molar refractivity (Wildman–Crippen MR) is 66.6 cm³/mol. The topological polar surface area (TPSA) is 50.9 Å². The lowest BCUT2D eigenvalue weighted by molar-refractivity contribution is 0.275. The summed E-state index contributed by atoms with van der Waals surface area (Å²) in [4.78, 5) is 0. The smallest absolute Gasteiger partial charge is 0.111 e. The van der Waals surface area contributed by atoms with Crippen LogP contribution in [0.25, 0.3) is 0 Å². The average molecular weight is 237 g/mol. The average Bonchev–Trinajstić information content (AvgIpc) is 2.94. The molecule has 96 valence electrons. The molecule has 1 N–H and O–H groups in total. The van der Waals surface area contributed by atoms with Gasteiger partial charge in [-0.25, -0.2) is 4.68 Å². The monoisotopic (exact) mass is 237 g/mol. The molecule has 1 aliphatic rings. The minimum atomic E-state index is 0.0140. The van der Waals surface area contributed by atoms with Gasteiger partial charge in [0.2, 0.25) is 0 Å². The van der Waals surface area contributed by atoms with Gasteiger partial charge in [-0.2, -0.15) is 0 Å². The van der Waals surface area contributed by atoms with Crippen LogP contribution in [0, 0.1) is 5.92 Å². The lowest BCUT2D eigenvalue weighted by Gasteiger charge is -2.14. The number of aliphatic hydroxyl groups excluding tert-OH is 1. The highest BCUT2D eigenvalue weighted by Crippen LogP contribution is 2.30. The molecule has 0 radical (unpaired) electrons. The van der Waals surface area contributed by atoms with Crippen molar-refractivity contribution in [2.45, 2.75) is 65.0 Å². The second-order valence-corrected chi connectivity index (χ2v) is 5.46. The first kappa shape index (κ1) is 12.6. The maximum absolute atomic E-state index is 9.32. The molecule has 0 atom stereocenters. The van der Waals surface area contributed by atoms with E-state index in [0.717, 1.165) is 24.2 Å². The minimum absolute atomic E-state index is 0.0140. The molecule has 1 heterocycles. The van der Waals surface area contributed by atoms with E-state index in [1.165, 1.54) is 25.7 Å². The second kappa shape index (κ2) is 5.63. The fourth-order valence-corrected chi connectivity index (χ4v) is 2.60. The highest BCUT2D eigenvalue weighted by Gasteiger charge is 2.22. The summed E-state index contributed by atoms with van der Waals surface area (Å²) in [5, 5.41) is 17.7. The number of hydrogen-bond acceptors (Lipinski definition) is 3. The molecular formula is C13H23N3O. The number of aromatic nitrogens is 3. The molecule has 0 amide bonds. The van der Waals surface area contributed by atoms with Crippen LogP contribution in [-0.4, -0.2) is 20.1 Å². The summed E-state index contributed by atoms with van der Waals surface area (Å²) in [5.41, 5.74) is 1.94. The van der Waals surface area contributed by atoms with Crippen molar-refractivity contribution in [1.82, 2.24) is 15.0 Å². The fourth-order valence-electron chi connectivity index (χ4n) is 2.60. The standard InChI is InChI=1S/C13H23N3O/c1-10(2)7-8-13-12(9-17)14-15-16(13)11-5-3-4-6-11/h10-11,17H,3-9H2,1-2H3. The second-order valence-electron chi connectivity index (χ2n) is 5.46. The molecule has 0 spiro atoms. The Morgan fingerprint density at radius 1 is 1.35 bits per heavy atom. The van der Waals surface area contributed by atoms with E-state index in [4.69, 9.17) is 0 Å². The molecule has 2 rings (SSSR count). The van der Waals surface area contributed by atoms with Crippen molar-refractivity contribution < 1.29 is 5.11 Å². The molecule has 0 bridgehead atoms. The zero-order chi connectivity index (χ0) is 12.3. The highest BCUT2D eigenvalue weighted by atomic mass is 16.3. The Morgan fingerprint density at radius 3 is 2.65 bits per heavy atom. The number of rotatable bonds is 5. The van der Waals surface area contributed by atoms with E-state index in [2.05, 4.69) is 28.8 Å². The molecule has 4 nitrogen and oxygen atoms in total. The van der Waals surface area contributed by atoms with Crippen LogP contribution in [0.4, 0.5) is 0 Å². The highest BCUT2D eigenvalue weighted by molar-refractivity contribution is 5.10. The van der Waals surface area contributed by atoms with Crippen LogP contribution in [-0.2, 0) is 13.0 Å². The van der Waals surface area contributed by atoms with Gasteiger partial charge in [-0.15, -0.1) is 5.10 Å². The fraction of sp³-hybridized carbons (Fsp3) is 0.846. The Bertz CT molecular complexity index is 354. The van der Waals surface area contributed by atoms with E-state index in [9.17, 15) is 5.11 Å². The quantitative estimate of drug-likeness (QED) is 0.856. The van der Waals surface area contributed by atoms with Gasteiger partial charge in [0.1, 0.15) is 5.69 Å². The zero-order valence-electron chi connectivity index (χ0n) is 10.9. The third kappa shape index (κ3) is 2.86. The van der Waals surface area contributed by atoms with Crippen LogP contribution in [0.2, 0.25) is 0 Å². The largest absolute Gasteiger partial charge is 0.390 e. The molecular weight excluding hydrogens is 214 g/mol. The Morgan fingerprint density at radius 2 is 2.06 bits per heavy atom. The molecule has 1 fully saturated rings. The van der Waals surface area contributed by atoms with E-state index < -0.39 is 0 Å². The Balaban J connectivity index is 2.16. The molecule has 1 aromatic rings. The molecule has 17 heavy (non-hydrogen) atoms. The van der Waals surface area contributed by atoms with Crippen molar-refractivity contribution in [1.29, 1.82) is 0 Å². The van der Waals surface area contributed by atoms with Gasteiger partial charge in [0.25, 0.3) is 0 Å². The first-order valence-electron chi connectivity index (χ1n) is 6.76. The Kier molecular flexibility index (Phi) is 4.15. The van der Waals surface area contributed by atoms with E-state index in [1.54, 1.807) is 0 Å². The van der Waals surface area contributed by atoms with Gasteiger partial charge >= 0.3 is 0 Å². The van der Waals surface area contributed by atoms with E-state index in [0.29, 0.717) is 12.0 Å². The van der Waals surface area contributed by atoms with Crippen LogP contribution >= 0.6 is 0 Å². The van der Waals surface area contributed by atoms with Crippen LogP contribution in [0.5, 0.6) is 0 Å². The first-order chi connectivity index (χ1) is 8.22. The SMILES string of the molecule is CC(C)CCc1c(CO)nnn1C1CCCC1. The molecule has 1 aliphatic carbocycles. The van der Waals surface area contributed by atoms with Gasteiger partial charge < -0.3 is 5.11 Å². The van der Waals surface area contributed by atoms with Gasteiger partial charge in [0, 0.05) is 0 Å². The third-order valence-electron chi connectivity index (χ3n) is 3.65. The van der Waals surface area contributed by atoms with Crippen LogP contribution in [0.15, 0.2) is 0 Å². The summed E-state index contributed by atoms with van der Waals surface area (Å²) in [6.45, 7) is 4.46. The molecule has 0 unspecified atom stereocenters. The lowest BCUT2D eigenvalue weighted by Crippen LogP contribution is -2.12. The van der Waals surface area contributed by atoms with Gasteiger partial charge in [-0.1, -0.05) is 31.9 Å². The van der Waals surface area contributed by atoms with Crippen molar-refractivity contribution in [2.75, 3.05) is 0 Å². The van der Waals surface area contributed by atoms with Crippen molar-refractivity contribution in [3.05, 3.63) is 11.4 Å². The molecule has 4 heteroatoms. The summed E-state index contributed by atoms with van der Waals surface area (Å²) in [7, 11) is 0. The summed E-state index contributed by atoms with van der Waals surface area (Å²) in [6.07, 6.45) is 7.13. The van der Waals surface area contributed by atoms with E-state index in [1.807, 2.05) is 0 Å². The number of aliphatic hydroxyl groups is 1. The van der Waals surface area contributed by atoms with Crippen molar-refractivity contribution in [3.8, 4) is 0 Å². The maximum Gasteiger partial charge on any atom is 0.111 e. The normalized spacial score (nSPS) is 17.2. The predicted octanol–water partition coefficient (Wildman–Crippen LogP) is 2.47. The van der Waals surface area contributed by atoms with Crippen molar-refractivity contribution >= 4 is 0 Å². The number of nitrogens with zero attached hydrogens (tertiary/aromatic N) is 3. The molecule has 0 aromatic carbocycles. The molecule has 0 saturated heterocycles. The van der Waals surface area contributed by atoms with Crippen LogP contribution in [0.1, 0.15) is 63.4 Å². The van der Waals surface area contributed by atoms with Crippen molar-refractivity contribution in [2.24, 2.45) is 5.92 Å². The summed E-state index contributed by atoms with van der Waals surface area (Å²) < 4.78 is 2.08. The maximum atomic E-state index is 9.32. The van der Waals surface area contributed by atoms with Gasteiger partial charge in [-0.05, 0) is 31.6 Å². The Hall–Kier alpha value is -0.900. The van der Waals surface area contributed by atoms with E-state index in [-0.39, 0.29) is 6.61 Å². The van der Waals surface area contributed by atoms with Gasteiger partial charge in [0.15, 0.2) is 0 Å². The summed E-state index contributed by atoms with van der Waals surface area (Å²) >= 11 is 0. The number of hydrogen-bond donors (Lipinski definition) is 1. The van der Waals surface area contributed by atoms with E-state index >= 15 is 0 Å². The molecule has 1 saturated carbocycles. The van der Waals surface area contributed by atoms with Gasteiger partial charge in [-0.3, -0.25) is 0 Å². The van der Waals surface area contributed by atoms with Gasteiger partial charge in [0.05, 0.1) is 18.3 Å². The van der Waals surface area contributed by atoms with Crippen LogP contribution in [0.3, 0.4) is 0 Å².